The van der Waals surface area contributed by atoms with Gasteiger partial charge in [-0.15, -0.1) is 0 Å². The van der Waals surface area contributed by atoms with E-state index in [0.29, 0.717) is 11.6 Å². The second-order valence-electron chi connectivity index (χ2n) is 4.70. The molecule has 5 nitrogen and oxygen atoms in total. The third-order valence-corrected chi connectivity index (χ3v) is 3.22. The summed E-state index contributed by atoms with van der Waals surface area (Å²) in [5.41, 5.74) is 8.76. The zero-order valence-corrected chi connectivity index (χ0v) is 11.7. The Balaban J connectivity index is 1.83. The number of benzene rings is 1. The lowest BCUT2D eigenvalue weighted by Crippen LogP contribution is -1.99. The average Bonchev–Trinajstić information content (AvgIpc) is 2.97. The molecule has 3 aromatic rings. The standard InChI is InChI=1S/C16H16N4O/c1-21-15-8-7-14(19-16(15)17)13-9-18-20(11-13)10-12-5-3-2-4-6-12/h2-9,11H,10H2,1H3,(H2,17,19). The highest BCUT2D eigenvalue weighted by Crippen LogP contribution is 2.24. The van der Waals surface area contributed by atoms with Gasteiger partial charge in [0.05, 0.1) is 25.5 Å². The number of hydrogen-bond acceptors (Lipinski definition) is 4. The zero-order valence-electron chi connectivity index (χ0n) is 11.7. The molecular formula is C16H16N4O. The Hall–Kier alpha value is -2.82. The van der Waals surface area contributed by atoms with Crippen molar-refractivity contribution >= 4 is 5.82 Å². The van der Waals surface area contributed by atoms with Gasteiger partial charge in [0, 0.05) is 11.8 Å². The minimum atomic E-state index is 0.380. The number of methoxy groups -OCH3 is 1. The molecule has 106 valence electrons. The van der Waals surface area contributed by atoms with Crippen molar-refractivity contribution in [2.24, 2.45) is 0 Å². The molecule has 0 radical (unpaired) electrons. The zero-order chi connectivity index (χ0) is 14.7. The molecule has 0 aliphatic heterocycles. The van der Waals surface area contributed by atoms with Gasteiger partial charge in [-0.25, -0.2) is 4.98 Å². The minimum Gasteiger partial charge on any atom is -0.493 e. The molecule has 0 aliphatic rings. The van der Waals surface area contributed by atoms with Gasteiger partial charge in [-0.1, -0.05) is 30.3 Å². The monoisotopic (exact) mass is 280 g/mol. The molecule has 2 heterocycles. The van der Waals surface area contributed by atoms with Crippen LogP contribution in [-0.2, 0) is 6.54 Å². The van der Waals surface area contributed by atoms with Crippen LogP contribution in [0.2, 0.25) is 0 Å². The smallest absolute Gasteiger partial charge is 0.166 e. The Labute approximate surface area is 123 Å². The van der Waals surface area contributed by atoms with Gasteiger partial charge in [0.25, 0.3) is 0 Å². The maximum atomic E-state index is 5.84. The van der Waals surface area contributed by atoms with E-state index in [0.717, 1.165) is 17.8 Å². The van der Waals surface area contributed by atoms with Gasteiger partial charge >= 0.3 is 0 Å². The molecule has 0 saturated carbocycles. The summed E-state index contributed by atoms with van der Waals surface area (Å²) in [4.78, 5) is 4.33. The lowest BCUT2D eigenvalue weighted by molar-refractivity contribution is 0.415. The molecule has 2 aromatic heterocycles. The first-order valence-corrected chi connectivity index (χ1v) is 6.63. The molecule has 0 fully saturated rings. The Morgan fingerprint density at radius 2 is 1.95 bits per heavy atom. The van der Waals surface area contributed by atoms with Crippen molar-refractivity contribution in [1.82, 2.24) is 14.8 Å². The highest BCUT2D eigenvalue weighted by molar-refractivity contribution is 5.62. The van der Waals surface area contributed by atoms with Gasteiger partial charge < -0.3 is 10.5 Å². The van der Waals surface area contributed by atoms with Gasteiger partial charge in [0.2, 0.25) is 0 Å². The molecule has 0 atom stereocenters. The minimum absolute atomic E-state index is 0.380. The van der Waals surface area contributed by atoms with Crippen molar-refractivity contribution in [2.75, 3.05) is 12.8 Å². The summed E-state index contributed by atoms with van der Waals surface area (Å²) in [5.74, 6) is 0.959. The molecule has 0 bridgehead atoms. The first-order valence-electron chi connectivity index (χ1n) is 6.63. The predicted octanol–water partition coefficient (Wildman–Crippen LogP) is 2.58. The van der Waals surface area contributed by atoms with E-state index >= 15 is 0 Å². The number of anilines is 1. The number of rotatable bonds is 4. The van der Waals surface area contributed by atoms with Crippen LogP contribution in [0.15, 0.2) is 54.9 Å². The second kappa shape index (κ2) is 5.66. The van der Waals surface area contributed by atoms with Crippen LogP contribution in [0.1, 0.15) is 5.56 Å². The summed E-state index contributed by atoms with van der Waals surface area (Å²) < 4.78 is 6.99. The largest absolute Gasteiger partial charge is 0.493 e. The number of hydrogen-bond donors (Lipinski definition) is 1. The first kappa shape index (κ1) is 13.2. The number of pyridine rings is 1. The normalized spacial score (nSPS) is 10.5. The van der Waals surface area contributed by atoms with Crippen LogP contribution < -0.4 is 10.5 Å². The third-order valence-electron chi connectivity index (χ3n) is 3.22. The van der Waals surface area contributed by atoms with Crippen LogP contribution in [0.5, 0.6) is 5.75 Å². The fraction of sp³-hybridized carbons (Fsp3) is 0.125. The van der Waals surface area contributed by atoms with Crippen LogP contribution in [0.4, 0.5) is 5.82 Å². The Morgan fingerprint density at radius 3 is 2.67 bits per heavy atom. The third kappa shape index (κ3) is 2.86. The molecule has 0 amide bonds. The number of ether oxygens (including phenoxy) is 1. The molecule has 0 saturated heterocycles. The lowest BCUT2D eigenvalue weighted by atomic mass is 10.2. The van der Waals surface area contributed by atoms with Crippen LogP contribution in [-0.4, -0.2) is 21.9 Å². The lowest BCUT2D eigenvalue weighted by Gasteiger charge is -2.04. The molecular weight excluding hydrogens is 264 g/mol. The van der Waals surface area contributed by atoms with E-state index in [9.17, 15) is 0 Å². The summed E-state index contributed by atoms with van der Waals surface area (Å²) in [7, 11) is 1.57. The molecule has 2 N–H and O–H groups in total. The van der Waals surface area contributed by atoms with Crippen LogP contribution in [0, 0.1) is 0 Å². The van der Waals surface area contributed by atoms with Gasteiger partial charge in [0.1, 0.15) is 0 Å². The van der Waals surface area contributed by atoms with E-state index in [1.807, 2.05) is 41.2 Å². The Morgan fingerprint density at radius 1 is 1.14 bits per heavy atom. The summed E-state index contributed by atoms with van der Waals surface area (Å²) in [6.07, 6.45) is 3.75. The second-order valence-corrected chi connectivity index (χ2v) is 4.70. The maximum Gasteiger partial charge on any atom is 0.166 e. The van der Waals surface area contributed by atoms with E-state index in [-0.39, 0.29) is 0 Å². The molecule has 21 heavy (non-hydrogen) atoms. The van der Waals surface area contributed by atoms with Crippen molar-refractivity contribution in [2.45, 2.75) is 6.54 Å². The number of nitrogens with zero attached hydrogens (tertiary/aromatic N) is 3. The van der Waals surface area contributed by atoms with Crippen LogP contribution >= 0.6 is 0 Å². The SMILES string of the molecule is COc1ccc(-c2cnn(Cc3ccccc3)c2)nc1N. The van der Waals surface area contributed by atoms with Crippen LogP contribution in [0.3, 0.4) is 0 Å². The van der Waals surface area contributed by atoms with Gasteiger partial charge in [-0.05, 0) is 17.7 Å². The average molecular weight is 280 g/mol. The molecule has 3 rings (SSSR count). The summed E-state index contributed by atoms with van der Waals surface area (Å²) in [5, 5.41) is 4.36. The van der Waals surface area contributed by atoms with Crippen molar-refractivity contribution in [3.63, 3.8) is 0 Å². The van der Waals surface area contributed by atoms with Gasteiger partial charge in [-0.3, -0.25) is 4.68 Å². The fourth-order valence-electron chi connectivity index (χ4n) is 2.15. The Kier molecular flexibility index (Phi) is 3.55. The number of nitrogens with two attached hydrogens (primary N) is 1. The van der Waals surface area contributed by atoms with Crippen molar-refractivity contribution < 1.29 is 4.74 Å². The predicted molar refractivity (Wildman–Crippen MR) is 82.0 cm³/mol. The summed E-state index contributed by atoms with van der Waals surface area (Å²) >= 11 is 0. The molecule has 5 heteroatoms. The molecule has 0 spiro atoms. The van der Waals surface area contributed by atoms with E-state index < -0.39 is 0 Å². The maximum absolute atomic E-state index is 5.84. The van der Waals surface area contributed by atoms with Crippen molar-refractivity contribution in [1.29, 1.82) is 0 Å². The summed E-state index contributed by atoms with van der Waals surface area (Å²) in [6, 6.07) is 13.9. The highest BCUT2D eigenvalue weighted by atomic mass is 16.5. The topological polar surface area (TPSA) is 66.0 Å². The molecule has 1 aromatic carbocycles. The number of nitrogen functional groups attached to an aromatic ring is 1. The van der Waals surface area contributed by atoms with E-state index in [1.165, 1.54) is 5.56 Å². The van der Waals surface area contributed by atoms with Gasteiger partial charge in [0.15, 0.2) is 11.6 Å². The van der Waals surface area contributed by atoms with E-state index in [4.69, 9.17) is 10.5 Å². The van der Waals surface area contributed by atoms with Crippen molar-refractivity contribution in [3.05, 3.63) is 60.4 Å². The number of aromatic nitrogens is 3. The quantitative estimate of drug-likeness (QED) is 0.797. The van der Waals surface area contributed by atoms with Crippen LogP contribution in [0.25, 0.3) is 11.3 Å². The van der Waals surface area contributed by atoms with Crippen molar-refractivity contribution in [3.8, 4) is 17.0 Å². The molecule has 0 unspecified atom stereocenters. The fourth-order valence-corrected chi connectivity index (χ4v) is 2.15. The van der Waals surface area contributed by atoms with Gasteiger partial charge in [-0.2, -0.15) is 5.10 Å². The van der Waals surface area contributed by atoms with E-state index in [2.05, 4.69) is 22.2 Å². The molecule has 0 aliphatic carbocycles. The summed E-state index contributed by atoms with van der Waals surface area (Å²) in [6.45, 7) is 0.729. The first-order chi connectivity index (χ1) is 10.3. The Bertz CT molecular complexity index is 737. The highest BCUT2D eigenvalue weighted by Gasteiger charge is 2.07. The van der Waals surface area contributed by atoms with E-state index in [1.54, 1.807) is 13.3 Å².